The molecule has 0 spiro atoms. The van der Waals surface area contributed by atoms with Crippen molar-refractivity contribution >= 4 is 22.6 Å². The van der Waals surface area contributed by atoms with Gasteiger partial charge in [0, 0.05) is 37.3 Å². The summed E-state index contributed by atoms with van der Waals surface area (Å²) >= 11 is 0. The van der Waals surface area contributed by atoms with Crippen molar-refractivity contribution in [2.45, 2.75) is 0 Å². The zero-order valence-corrected chi connectivity index (χ0v) is 15.4. The number of ether oxygens (including phenoxy) is 1. The summed E-state index contributed by atoms with van der Waals surface area (Å²) in [5, 5.41) is 0.632. The molecule has 0 unspecified atom stereocenters. The van der Waals surface area contributed by atoms with E-state index in [1.165, 1.54) is 19.2 Å². The first kappa shape index (κ1) is 18.0. The van der Waals surface area contributed by atoms with Crippen molar-refractivity contribution in [2.75, 3.05) is 38.2 Å². The monoisotopic (exact) mass is 382 g/mol. The Bertz CT molecular complexity index is 1070. The van der Waals surface area contributed by atoms with E-state index in [-0.39, 0.29) is 17.3 Å². The van der Waals surface area contributed by atoms with Crippen molar-refractivity contribution in [3.05, 3.63) is 70.3 Å². The Labute approximate surface area is 160 Å². The first-order chi connectivity index (χ1) is 13.6. The summed E-state index contributed by atoms with van der Waals surface area (Å²) in [5.41, 5.74) is 0.567. The molecule has 0 aliphatic carbocycles. The van der Waals surface area contributed by atoms with Crippen LogP contribution < -0.4 is 15.3 Å². The van der Waals surface area contributed by atoms with Crippen LogP contribution in [0.4, 0.5) is 10.1 Å². The van der Waals surface area contributed by atoms with E-state index >= 15 is 0 Å². The molecule has 1 aromatic heterocycles. The number of carbonyl (C=O) groups is 1. The maximum absolute atomic E-state index is 13.1. The molecule has 0 radical (unpaired) electrons. The second-order valence-corrected chi connectivity index (χ2v) is 6.58. The normalized spacial score (nSPS) is 14.4. The van der Waals surface area contributed by atoms with Gasteiger partial charge in [-0.05, 0) is 36.4 Å². The predicted octanol–water partition coefficient (Wildman–Crippen LogP) is 2.90. The van der Waals surface area contributed by atoms with Gasteiger partial charge in [0.25, 0.3) is 5.91 Å². The van der Waals surface area contributed by atoms with E-state index < -0.39 is 5.63 Å². The minimum atomic E-state index is -0.678. The van der Waals surface area contributed by atoms with Crippen molar-refractivity contribution in [3.63, 3.8) is 0 Å². The van der Waals surface area contributed by atoms with Crippen molar-refractivity contribution in [2.24, 2.45) is 0 Å². The second-order valence-electron chi connectivity index (χ2n) is 6.58. The third kappa shape index (κ3) is 3.31. The molecule has 3 aromatic rings. The lowest BCUT2D eigenvalue weighted by Crippen LogP contribution is -2.49. The van der Waals surface area contributed by atoms with Crippen LogP contribution in [0.1, 0.15) is 10.4 Å². The van der Waals surface area contributed by atoms with Gasteiger partial charge >= 0.3 is 5.63 Å². The number of amides is 1. The lowest BCUT2D eigenvalue weighted by Gasteiger charge is -2.36. The van der Waals surface area contributed by atoms with Gasteiger partial charge in [-0.15, -0.1) is 0 Å². The number of anilines is 1. The number of halogens is 1. The quantitative estimate of drug-likeness (QED) is 0.652. The van der Waals surface area contributed by atoms with Gasteiger partial charge in [-0.1, -0.05) is 12.1 Å². The zero-order chi connectivity index (χ0) is 19.7. The molecule has 6 nitrogen and oxygen atoms in total. The van der Waals surface area contributed by atoms with Crippen LogP contribution in [0, 0.1) is 5.82 Å². The fourth-order valence-corrected chi connectivity index (χ4v) is 3.42. The van der Waals surface area contributed by atoms with Crippen LogP contribution in [0.3, 0.4) is 0 Å². The highest BCUT2D eigenvalue weighted by Crippen LogP contribution is 2.25. The third-order valence-corrected chi connectivity index (χ3v) is 4.93. The lowest BCUT2D eigenvalue weighted by molar-refractivity contribution is 0.0742. The van der Waals surface area contributed by atoms with Crippen molar-refractivity contribution in [3.8, 4) is 5.75 Å². The first-order valence-corrected chi connectivity index (χ1v) is 8.97. The Balaban J connectivity index is 1.53. The highest BCUT2D eigenvalue weighted by Gasteiger charge is 2.25. The Morgan fingerprint density at radius 3 is 2.46 bits per heavy atom. The average molecular weight is 382 g/mol. The number of carbonyl (C=O) groups excluding carboxylic acids is 1. The molecule has 0 N–H and O–H groups in total. The van der Waals surface area contributed by atoms with Crippen LogP contribution in [0.5, 0.6) is 5.75 Å². The maximum atomic E-state index is 13.1. The van der Waals surface area contributed by atoms with Crippen LogP contribution in [-0.4, -0.2) is 44.1 Å². The van der Waals surface area contributed by atoms with E-state index in [4.69, 9.17) is 9.15 Å². The number of hydrogen-bond acceptors (Lipinski definition) is 5. The number of piperazine rings is 1. The average Bonchev–Trinajstić information content (AvgIpc) is 2.73. The Morgan fingerprint density at radius 1 is 1.07 bits per heavy atom. The van der Waals surface area contributed by atoms with E-state index in [2.05, 4.69) is 4.90 Å². The van der Waals surface area contributed by atoms with Crippen molar-refractivity contribution in [1.29, 1.82) is 0 Å². The number of hydrogen-bond donors (Lipinski definition) is 0. The summed E-state index contributed by atoms with van der Waals surface area (Å²) < 4.78 is 23.6. The minimum absolute atomic E-state index is 0.0102. The summed E-state index contributed by atoms with van der Waals surface area (Å²) in [6, 6.07) is 13.1. The van der Waals surface area contributed by atoms with Gasteiger partial charge in [0.05, 0.1) is 7.11 Å². The molecular formula is C21H19FN2O4. The minimum Gasteiger partial charge on any atom is -0.493 e. The predicted molar refractivity (Wildman–Crippen MR) is 104 cm³/mol. The SMILES string of the molecule is COc1cccc2cc(C(=O)N3CCN(c4ccc(F)cc4)CC3)c(=O)oc12. The fourth-order valence-electron chi connectivity index (χ4n) is 3.42. The molecule has 7 heteroatoms. The lowest BCUT2D eigenvalue weighted by atomic mass is 10.1. The molecule has 2 aromatic carbocycles. The standard InChI is InChI=1S/C21H19FN2O4/c1-27-18-4-2-3-14-13-17(21(26)28-19(14)18)20(25)24-11-9-23(10-12-24)16-7-5-15(22)6-8-16/h2-8,13H,9-12H2,1H3. The summed E-state index contributed by atoms with van der Waals surface area (Å²) in [5.74, 6) is -0.184. The Hall–Kier alpha value is -3.35. The van der Waals surface area contributed by atoms with E-state index in [0.717, 1.165) is 5.69 Å². The molecule has 1 aliphatic rings. The molecule has 4 rings (SSSR count). The highest BCUT2D eigenvalue weighted by atomic mass is 19.1. The molecule has 144 valence electrons. The smallest absolute Gasteiger partial charge is 0.349 e. The van der Waals surface area contributed by atoms with Gasteiger partial charge in [0.1, 0.15) is 11.4 Å². The zero-order valence-electron chi connectivity index (χ0n) is 15.4. The topological polar surface area (TPSA) is 63.0 Å². The van der Waals surface area contributed by atoms with Crippen LogP contribution in [-0.2, 0) is 0 Å². The molecule has 1 saturated heterocycles. The molecule has 0 saturated carbocycles. The van der Waals surface area contributed by atoms with Gasteiger partial charge in [0.2, 0.25) is 0 Å². The van der Waals surface area contributed by atoms with E-state index in [1.54, 1.807) is 41.3 Å². The molecule has 2 heterocycles. The van der Waals surface area contributed by atoms with Crippen molar-refractivity contribution < 1.29 is 18.3 Å². The van der Waals surface area contributed by atoms with Crippen LogP contribution in [0.2, 0.25) is 0 Å². The number of benzene rings is 2. The molecule has 1 aliphatic heterocycles. The van der Waals surface area contributed by atoms with Gasteiger partial charge in [-0.2, -0.15) is 0 Å². The second kappa shape index (κ2) is 7.34. The molecular weight excluding hydrogens is 363 g/mol. The van der Waals surface area contributed by atoms with Gasteiger partial charge < -0.3 is 19.0 Å². The summed E-state index contributed by atoms with van der Waals surface area (Å²) in [4.78, 5) is 29.0. The molecule has 28 heavy (non-hydrogen) atoms. The maximum Gasteiger partial charge on any atom is 0.349 e. The Morgan fingerprint density at radius 2 is 1.79 bits per heavy atom. The fraction of sp³-hybridized carbons (Fsp3) is 0.238. The first-order valence-electron chi connectivity index (χ1n) is 8.97. The summed E-state index contributed by atoms with van der Waals surface area (Å²) in [6.07, 6.45) is 0. The molecule has 0 atom stereocenters. The third-order valence-electron chi connectivity index (χ3n) is 4.93. The van der Waals surface area contributed by atoms with Gasteiger partial charge in [-0.25, -0.2) is 9.18 Å². The number of para-hydroxylation sites is 1. The molecule has 0 bridgehead atoms. The van der Waals surface area contributed by atoms with Crippen LogP contribution in [0.15, 0.2) is 57.7 Å². The van der Waals surface area contributed by atoms with Crippen LogP contribution in [0.25, 0.3) is 11.0 Å². The highest BCUT2D eigenvalue weighted by molar-refractivity contribution is 5.97. The summed E-state index contributed by atoms with van der Waals surface area (Å²) in [6.45, 7) is 2.13. The van der Waals surface area contributed by atoms with Gasteiger partial charge in [0.15, 0.2) is 11.3 Å². The number of rotatable bonds is 3. The van der Waals surface area contributed by atoms with Gasteiger partial charge in [-0.3, -0.25) is 4.79 Å². The number of nitrogens with zero attached hydrogens (tertiary/aromatic N) is 2. The summed E-state index contributed by atoms with van der Waals surface area (Å²) in [7, 11) is 1.49. The molecule has 1 amide bonds. The van der Waals surface area contributed by atoms with E-state index in [1.807, 2.05) is 0 Å². The number of fused-ring (bicyclic) bond motifs is 1. The van der Waals surface area contributed by atoms with E-state index in [9.17, 15) is 14.0 Å². The van der Waals surface area contributed by atoms with E-state index in [0.29, 0.717) is 42.9 Å². The van der Waals surface area contributed by atoms with Crippen molar-refractivity contribution in [1.82, 2.24) is 4.90 Å². The Kier molecular flexibility index (Phi) is 4.73. The molecule has 1 fully saturated rings. The number of methoxy groups -OCH3 is 1. The van der Waals surface area contributed by atoms with Crippen LogP contribution >= 0.6 is 0 Å². The largest absolute Gasteiger partial charge is 0.493 e.